The second-order valence-corrected chi connectivity index (χ2v) is 7.31. The van der Waals surface area contributed by atoms with Crippen molar-refractivity contribution in [3.8, 4) is 5.75 Å². The minimum absolute atomic E-state index is 0.464. The normalized spacial score (nSPS) is 17.0. The van der Waals surface area contributed by atoms with E-state index in [9.17, 15) is 0 Å². The first-order valence-corrected chi connectivity index (χ1v) is 10.0. The Hall–Kier alpha value is -1.79. The third-order valence-electron chi connectivity index (χ3n) is 4.96. The van der Waals surface area contributed by atoms with Crippen molar-refractivity contribution in [3.05, 3.63) is 29.3 Å². The molecule has 2 N–H and O–H groups in total. The maximum atomic E-state index is 5.77. The van der Waals surface area contributed by atoms with Crippen molar-refractivity contribution in [2.75, 3.05) is 46.5 Å². The molecule has 1 unspecified atom stereocenters. The lowest BCUT2D eigenvalue weighted by Crippen LogP contribution is -2.52. The van der Waals surface area contributed by atoms with Gasteiger partial charge in [-0.15, -0.1) is 0 Å². The van der Waals surface area contributed by atoms with Crippen LogP contribution < -0.4 is 15.4 Å². The van der Waals surface area contributed by atoms with Crippen LogP contribution in [0.2, 0.25) is 0 Å². The molecule has 0 spiro atoms. The van der Waals surface area contributed by atoms with E-state index in [1.807, 2.05) is 14.0 Å². The van der Waals surface area contributed by atoms with Gasteiger partial charge in [0.05, 0.1) is 19.8 Å². The van der Waals surface area contributed by atoms with Crippen molar-refractivity contribution < 1.29 is 9.47 Å². The Morgan fingerprint density at radius 2 is 2.00 bits per heavy atom. The number of ether oxygens (including phenoxy) is 2. The third-order valence-corrected chi connectivity index (χ3v) is 4.96. The fourth-order valence-electron chi connectivity index (χ4n) is 3.39. The van der Waals surface area contributed by atoms with Crippen LogP contribution >= 0.6 is 0 Å². The zero-order chi connectivity index (χ0) is 19.6. The van der Waals surface area contributed by atoms with E-state index < -0.39 is 0 Å². The molecule has 0 amide bonds. The molecule has 1 aromatic rings. The Kier molecular flexibility index (Phi) is 8.88. The molecule has 0 aliphatic carbocycles. The Labute approximate surface area is 164 Å². The monoisotopic (exact) mass is 376 g/mol. The molecule has 1 aliphatic heterocycles. The van der Waals surface area contributed by atoms with E-state index in [4.69, 9.17) is 9.47 Å². The summed E-state index contributed by atoms with van der Waals surface area (Å²) in [6.45, 7) is 14.5. The molecular formula is C21H36N4O2. The molecule has 6 nitrogen and oxygen atoms in total. The van der Waals surface area contributed by atoms with Crippen LogP contribution in [-0.4, -0.2) is 63.4 Å². The summed E-state index contributed by atoms with van der Waals surface area (Å²) >= 11 is 0. The molecule has 1 aromatic carbocycles. The molecule has 152 valence electrons. The second kappa shape index (κ2) is 11.1. The largest absolute Gasteiger partial charge is 0.494 e. The standard InChI is InChI=1S/C21H36N4O2/c1-6-27-20-13-17(4)7-8-18(20)14-23-21(22-5)24-15-19(16(2)3)25-9-11-26-12-10-25/h7-8,13,16,19H,6,9-12,14-15H2,1-5H3,(H2,22,23,24). The number of nitrogens with zero attached hydrogens (tertiary/aromatic N) is 2. The van der Waals surface area contributed by atoms with Gasteiger partial charge in [-0.2, -0.15) is 0 Å². The van der Waals surface area contributed by atoms with E-state index in [1.165, 1.54) is 5.56 Å². The average molecular weight is 377 g/mol. The van der Waals surface area contributed by atoms with Gasteiger partial charge in [-0.25, -0.2) is 0 Å². The summed E-state index contributed by atoms with van der Waals surface area (Å²) < 4.78 is 11.3. The van der Waals surface area contributed by atoms with Gasteiger partial charge >= 0.3 is 0 Å². The number of hydrogen-bond donors (Lipinski definition) is 2. The Morgan fingerprint density at radius 3 is 2.63 bits per heavy atom. The maximum absolute atomic E-state index is 5.77. The van der Waals surface area contributed by atoms with Gasteiger partial charge < -0.3 is 20.1 Å². The van der Waals surface area contributed by atoms with Gasteiger partial charge in [0.1, 0.15) is 5.75 Å². The van der Waals surface area contributed by atoms with Crippen LogP contribution in [0.25, 0.3) is 0 Å². The lowest BCUT2D eigenvalue weighted by Gasteiger charge is -2.37. The number of rotatable bonds is 8. The number of nitrogens with one attached hydrogen (secondary N) is 2. The molecule has 0 radical (unpaired) electrons. The van der Waals surface area contributed by atoms with E-state index in [2.05, 4.69) is 59.5 Å². The zero-order valence-corrected chi connectivity index (χ0v) is 17.5. The van der Waals surface area contributed by atoms with Gasteiger partial charge in [0, 0.05) is 44.8 Å². The van der Waals surface area contributed by atoms with E-state index in [1.54, 1.807) is 0 Å². The Morgan fingerprint density at radius 1 is 1.26 bits per heavy atom. The fraction of sp³-hybridized carbons (Fsp3) is 0.667. The molecule has 2 rings (SSSR count). The van der Waals surface area contributed by atoms with E-state index in [0.717, 1.165) is 50.1 Å². The predicted molar refractivity (Wildman–Crippen MR) is 112 cm³/mol. The SMILES string of the molecule is CCOc1cc(C)ccc1CNC(=NC)NCC(C(C)C)N1CCOCC1. The first-order valence-electron chi connectivity index (χ1n) is 10.0. The fourth-order valence-corrected chi connectivity index (χ4v) is 3.39. The number of aryl methyl sites for hydroxylation is 1. The van der Waals surface area contributed by atoms with E-state index in [0.29, 0.717) is 25.1 Å². The van der Waals surface area contributed by atoms with Crippen molar-refractivity contribution in [2.45, 2.75) is 40.3 Å². The lowest BCUT2D eigenvalue weighted by atomic mass is 10.0. The van der Waals surface area contributed by atoms with Crippen molar-refractivity contribution >= 4 is 5.96 Å². The van der Waals surface area contributed by atoms with Gasteiger partial charge in [-0.1, -0.05) is 26.0 Å². The topological polar surface area (TPSA) is 58.1 Å². The summed E-state index contributed by atoms with van der Waals surface area (Å²) in [7, 11) is 1.81. The zero-order valence-electron chi connectivity index (χ0n) is 17.5. The Balaban J connectivity index is 1.91. The molecule has 27 heavy (non-hydrogen) atoms. The smallest absolute Gasteiger partial charge is 0.191 e. The Bertz CT molecular complexity index is 598. The van der Waals surface area contributed by atoms with Gasteiger partial charge in [0.25, 0.3) is 0 Å². The van der Waals surface area contributed by atoms with Gasteiger partial charge in [0.15, 0.2) is 5.96 Å². The van der Waals surface area contributed by atoms with Crippen molar-refractivity contribution in [1.82, 2.24) is 15.5 Å². The van der Waals surface area contributed by atoms with Crippen molar-refractivity contribution in [3.63, 3.8) is 0 Å². The summed E-state index contributed by atoms with van der Waals surface area (Å²) in [6.07, 6.45) is 0. The highest BCUT2D eigenvalue weighted by Crippen LogP contribution is 2.20. The third kappa shape index (κ3) is 6.70. The van der Waals surface area contributed by atoms with Crippen LogP contribution in [0.4, 0.5) is 0 Å². The predicted octanol–water partition coefficient (Wildman–Crippen LogP) is 2.42. The maximum Gasteiger partial charge on any atom is 0.191 e. The minimum Gasteiger partial charge on any atom is -0.494 e. The summed E-state index contributed by atoms with van der Waals surface area (Å²) in [5, 5.41) is 6.91. The van der Waals surface area contributed by atoms with Crippen LogP contribution in [-0.2, 0) is 11.3 Å². The first kappa shape index (κ1) is 21.5. The van der Waals surface area contributed by atoms with E-state index >= 15 is 0 Å². The molecule has 1 heterocycles. The highest BCUT2D eigenvalue weighted by atomic mass is 16.5. The minimum atomic E-state index is 0.464. The van der Waals surface area contributed by atoms with Crippen LogP contribution in [0.15, 0.2) is 23.2 Å². The van der Waals surface area contributed by atoms with Gasteiger partial charge in [0.2, 0.25) is 0 Å². The van der Waals surface area contributed by atoms with Gasteiger partial charge in [-0.3, -0.25) is 9.89 Å². The second-order valence-electron chi connectivity index (χ2n) is 7.31. The number of guanidine groups is 1. The molecule has 1 saturated heterocycles. The molecule has 0 saturated carbocycles. The highest BCUT2D eigenvalue weighted by molar-refractivity contribution is 5.79. The molecule has 1 fully saturated rings. The number of aliphatic imine (C=N–C) groups is 1. The first-order chi connectivity index (χ1) is 13.0. The van der Waals surface area contributed by atoms with Crippen LogP contribution in [0, 0.1) is 12.8 Å². The molecule has 1 atom stereocenters. The number of benzene rings is 1. The molecule has 1 aliphatic rings. The van der Waals surface area contributed by atoms with E-state index in [-0.39, 0.29) is 0 Å². The summed E-state index contributed by atoms with van der Waals surface area (Å²) in [5.41, 5.74) is 2.34. The van der Waals surface area contributed by atoms with Crippen LogP contribution in [0.3, 0.4) is 0 Å². The van der Waals surface area contributed by atoms with Crippen LogP contribution in [0.5, 0.6) is 5.75 Å². The molecule has 6 heteroatoms. The number of hydrogen-bond acceptors (Lipinski definition) is 4. The van der Waals surface area contributed by atoms with Crippen molar-refractivity contribution in [1.29, 1.82) is 0 Å². The van der Waals surface area contributed by atoms with Crippen molar-refractivity contribution in [2.24, 2.45) is 10.9 Å². The molecule has 0 bridgehead atoms. The van der Waals surface area contributed by atoms with Crippen LogP contribution in [0.1, 0.15) is 31.9 Å². The summed E-state index contributed by atoms with van der Waals surface area (Å²) in [6, 6.07) is 6.78. The van der Waals surface area contributed by atoms with Gasteiger partial charge in [-0.05, 0) is 31.4 Å². The molecular weight excluding hydrogens is 340 g/mol. The molecule has 0 aromatic heterocycles. The average Bonchev–Trinajstić information content (AvgIpc) is 2.66. The quantitative estimate of drug-likeness (QED) is 0.539. The number of morpholine rings is 1. The summed E-state index contributed by atoms with van der Waals surface area (Å²) in [5.74, 6) is 2.32. The summed E-state index contributed by atoms with van der Waals surface area (Å²) in [4.78, 5) is 6.90. The lowest BCUT2D eigenvalue weighted by molar-refractivity contribution is 0.00752. The highest BCUT2D eigenvalue weighted by Gasteiger charge is 2.23.